The fourth-order valence-electron chi connectivity index (χ4n) is 2.01. The molecule has 1 aromatic carbocycles. The molecule has 0 fully saturated rings. The molecule has 0 spiro atoms. The molecule has 0 bridgehead atoms. The summed E-state index contributed by atoms with van der Waals surface area (Å²) in [5.74, 6) is -0.353. The fraction of sp³-hybridized carbons (Fsp3) is 0.286. The molecule has 2 rings (SSSR count). The third-order valence-corrected chi connectivity index (χ3v) is 4.27. The van der Waals surface area contributed by atoms with Crippen molar-refractivity contribution in [2.75, 3.05) is 5.32 Å². The summed E-state index contributed by atoms with van der Waals surface area (Å²) < 4.78 is 15.9. The Morgan fingerprint density at radius 2 is 2.00 bits per heavy atom. The number of nitrogens with zero attached hydrogens (tertiary/aromatic N) is 1. The summed E-state index contributed by atoms with van der Waals surface area (Å²) in [7, 11) is 2.04. The van der Waals surface area contributed by atoms with E-state index in [-0.39, 0.29) is 5.82 Å². The second kappa shape index (κ2) is 5.55. The minimum atomic E-state index is -0.353. The molecule has 2 nitrogen and oxygen atoms in total. The highest BCUT2D eigenvalue weighted by Gasteiger charge is 2.10. The van der Waals surface area contributed by atoms with Crippen LogP contribution in [0.15, 0.2) is 22.7 Å². The molecule has 1 N–H and O–H groups in total. The lowest BCUT2D eigenvalue weighted by atomic mass is 10.2. The molecule has 0 atom stereocenters. The van der Waals surface area contributed by atoms with Crippen LogP contribution in [-0.2, 0) is 13.6 Å². The number of halogens is 3. The van der Waals surface area contributed by atoms with Crippen molar-refractivity contribution in [2.45, 2.75) is 20.4 Å². The Morgan fingerprint density at radius 1 is 1.32 bits per heavy atom. The summed E-state index contributed by atoms with van der Waals surface area (Å²) in [6.45, 7) is 4.79. The lowest BCUT2D eigenvalue weighted by molar-refractivity contribution is 0.627. The average molecular weight is 346 g/mol. The maximum atomic E-state index is 13.1. The van der Waals surface area contributed by atoms with Gasteiger partial charge < -0.3 is 9.88 Å². The summed E-state index contributed by atoms with van der Waals surface area (Å²) >= 11 is 9.36. The van der Waals surface area contributed by atoms with E-state index in [1.807, 2.05) is 7.05 Å². The monoisotopic (exact) mass is 344 g/mol. The van der Waals surface area contributed by atoms with E-state index in [9.17, 15) is 4.39 Å². The zero-order chi connectivity index (χ0) is 14.2. The van der Waals surface area contributed by atoms with Gasteiger partial charge in [-0.2, -0.15) is 0 Å². The van der Waals surface area contributed by atoms with Gasteiger partial charge in [-0.15, -0.1) is 0 Å². The molecule has 0 unspecified atom stereocenters. The summed E-state index contributed by atoms with van der Waals surface area (Å²) in [5.41, 5.74) is 4.33. The van der Waals surface area contributed by atoms with E-state index in [1.54, 1.807) is 0 Å². The number of nitrogens with one attached hydrogen (secondary N) is 1. The van der Waals surface area contributed by atoms with Crippen LogP contribution in [0.25, 0.3) is 0 Å². The fourth-order valence-corrected chi connectivity index (χ4v) is 2.97. The summed E-state index contributed by atoms with van der Waals surface area (Å²) in [6.07, 6.45) is 0. The number of hydrogen-bond acceptors (Lipinski definition) is 1. The second-order valence-electron chi connectivity index (χ2n) is 4.55. The first-order valence-corrected chi connectivity index (χ1v) is 7.07. The van der Waals surface area contributed by atoms with Gasteiger partial charge in [0.25, 0.3) is 0 Å². The molecule has 0 aliphatic heterocycles. The molecule has 19 heavy (non-hydrogen) atoms. The van der Waals surface area contributed by atoms with E-state index in [0.717, 1.165) is 0 Å². The molecular weight excluding hydrogens is 331 g/mol. The van der Waals surface area contributed by atoms with E-state index in [2.05, 4.69) is 45.7 Å². The first-order valence-electron chi connectivity index (χ1n) is 5.90. The topological polar surface area (TPSA) is 17.0 Å². The Morgan fingerprint density at radius 3 is 2.53 bits per heavy atom. The van der Waals surface area contributed by atoms with Crippen LogP contribution in [0.4, 0.5) is 10.1 Å². The van der Waals surface area contributed by atoms with E-state index >= 15 is 0 Å². The minimum Gasteiger partial charge on any atom is -0.379 e. The van der Waals surface area contributed by atoms with Gasteiger partial charge in [-0.3, -0.25) is 0 Å². The highest BCUT2D eigenvalue weighted by molar-refractivity contribution is 9.10. The van der Waals surface area contributed by atoms with Crippen molar-refractivity contribution in [2.24, 2.45) is 7.05 Å². The average Bonchev–Trinajstić information content (AvgIpc) is 2.55. The molecule has 0 aliphatic carbocycles. The van der Waals surface area contributed by atoms with Crippen molar-refractivity contribution in [3.8, 4) is 0 Å². The van der Waals surface area contributed by atoms with Gasteiger partial charge >= 0.3 is 0 Å². The number of anilines is 1. The smallest absolute Gasteiger partial charge is 0.125 e. The van der Waals surface area contributed by atoms with E-state index in [1.165, 1.54) is 29.1 Å². The van der Waals surface area contributed by atoms with Crippen molar-refractivity contribution in [3.05, 3.63) is 50.5 Å². The minimum absolute atomic E-state index is 0.353. The van der Waals surface area contributed by atoms with E-state index in [4.69, 9.17) is 11.6 Å². The van der Waals surface area contributed by atoms with Crippen LogP contribution in [0, 0.1) is 19.7 Å². The van der Waals surface area contributed by atoms with Crippen LogP contribution < -0.4 is 5.32 Å². The van der Waals surface area contributed by atoms with Gasteiger partial charge in [0.2, 0.25) is 0 Å². The highest BCUT2D eigenvalue weighted by atomic mass is 79.9. The number of rotatable bonds is 3. The van der Waals surface area contributed by atoms with E-state index < -0.39 is 0 Å². The zero-order valence-corrected chi connectivity index (χ0v) is 13.4. The van der Waals surface area contributed by atoms with Crippen molar-refractivity contribution < 1.29 is 4.39 Å². The number of benzene rings is 1. The molecule has 102 valence electrons. The van der Waals surface area contributed by atoms with E-state index in [0.29, 0.717) is 21.7 Å². The van der Waals surface area contributed by atoms with Gasteiger partial charge in [0.05, 0.1) is 10.7 Å². The van der Waals surface area contributed by atoms with Crippen LogP contribution in [-0.4, -0.2) is 4.57 Å². The Kier molecular flexibility index (Phi) is 4.21. The standard InChI is InChI=1S/C14H15BrClFN2/c1-8-4-10(9(2)19(8)3)7-18-14-12(15)5-11(17)6-13(14)16/h4-6,18H,7H2,1-3H3. The maximum Gasteiger partial charge on any atom is 0.125 e. The van der Waals surface area contributed by atoms with Crippen LogP contribution >= 0.6 is 27.5 Å². The van der Waals surface area contributed by atoms with Gasteiger partial charge in [-0.25, -0.2) is 4.39 Å². The third kappa shape index (κ3) is 2.95. The molecular formula is C14H15BrClFN2. The van der Waals surface area contributed by atoms with Gasteiger partial charge in [-0.05, 0) is 53.5 Å². The molecule has 0 saturated carbocycles. The van der Waals surface area contributed by atoms with Gasteiger partial charge in [0, 0.05) is 29.5 Å². The van der Waals surface area contributed by atoms with Crippen molar-refractivity contribution in [1.29, 1.82) is 0 Å². The highest BCUT2D eigenvalue weighted by Crippen LogP contribution is 2.32. The van der Waals surface area contributed by atoms with Crippen LogP contribution in [0.3, 0.4) is 0 Å². The predicted molar refractivity (Wildman–Crippen MR) is 81.3 cm³/mol. The molecule has 0 radical (unpaired) electrons. The molecule has 2 aromatic rings. The second-order valence-corrected chi connectivity index (χ2v) is 5.81. The molecule has 5 heteroatoms. The van der Waals surface area contributed by atoms with Crippen molar-refractivity contribution >= 4 is 33.2 Å². The Labute approximate surface area is 125 Å². The Bertz CT molecular complexity index is 599. The molecule has 0 amide bonds. The SMILES string of the molecule is Cc1cc(CNc2c(Cl)cc(F)cc2Br)c(C)n1C. The summed E-state index contributed by atoms with van der Waals surface area (Å²) in [4.78, 5) is 0. The van der Waals surface area contributed by atoms with Gasteiger partial charge in [0.1, 0.15) is 5.82 Å². The lowest BCUT2D eigenvalue weighted by Gasteiger charge is -2.11. The summed E-state index contributed by atoms with van der Waals surface area (Å²) in [5, 5.41) is 3.62. The van der Waals surface area contributed by atoms with Crippen molar-refractivity contribution in [1.82, 2.24) is 4.57 Å². The normalized spacial score (nSPS) is 10.8. The summed E-state index contributed by atoms with van der Waals surface area (Å²) in [6, 6.07) is 4.84. The molecule has 0 saturated heterocycles. The molecule has 1 heterocycles. The predicted octanol–water partition coefficient (Wildman–Crippen LogP) is 4.81. The number of hydrogen-bond donors (Lipinski definition) is 1. The quantitative estimate of drug-likeness (QED) is 0.845. The van der Waals surface area contributed by atoms with Crippen molar-refractivity contribution in [3.63, 3.8) is 0 Å². The number of aromatic nitrogens is 1. The van der Waals surface area contributed by atoms with Gasteiger partial charge in [0.15, 0.2) is 0 Å². The molecule has 0 aliphatic rings. The zero-order valence-electron chi connectivity index (χ0n) is 11.0. The Balaban J connectivity index is 2.21. The number of aryl methyl sites for hydroxylation is 1. The first kappa shape index (κ1) is 14.4. The van der Waals surface area contributed by atoms with Crippen LogP contribution in [0.2, 0.25) is 5.02 Å². The largest absolute Gasteiger partial charge is 0.379 e. The van der Waals surface area contributed by atoms with Crippen LogP contribution in [0.1, 0.15) is 17.0 Å². The maximum absolute atomic E-state index is 13.1. The lowest BCUT2D eigenvalue weighted by Crippen LogP contribution is -2.03. The third-order valence-electron chi connectivity index (χ3n) is 3.34. The first-order chi connectivity index (χ1) is 8.90. The van der Waals surface area contributed by atoms with Crippen LogP contribution in [0.5, 0.6) is 0 Å². The van der Waals surface area contributed by atoms with Gasteiger partial charge in [-0.1, -0.05) is 11.6 Å². The molecule has 1 aromatic heterocycles. The Hall–Kier alpha value is -1.00.